The molecule has 162 valence electrons. The summed E-state index contributed by atoms with van der Waals surface area (Å²) in [6.07, 6.45) is -1.22. The number of aromatic amines is 1. The van der Waals surface area contributed by atoms with Crippen molar-refractivity contribution < 1.29 is 32.3 Å². The van der Waals surface area contributed by atoms with Gasteiger partial charge in [-0.05, 0) is 51.5 Å². The highest BCUT2D eigenvalue weighted by molar-refractivity contribution is 7.89. The van der Waals surface area contributed by atoms with Crippen molar-refractivity contribution >= 4 is 39.3 Å². The second kappa shape index (κ2) is 8.99. The highest BCUT2D eigenvalue weighted by Crippen LogP contribution is 2.24. The number of primary sulfonamides is 1. The van der Waals surface area contributed by atoms with Gasteiger partial charge >= 0.3 is 11.9 Å². The molecule has 0 saturated carbocycles. The van der Waals surface area contributed by atoms with E-state index in [-0.39, 0.29) is 28.5 Å². The Labute approximate surface area is 178 Å². The molecule has 0 bridgehead atoms. The number of rotatable bonds is 7. The van der Waals surface area contributed by atoms with Crippen molar-refractivity contribution in [3.63, 3.8) is 0 Å². The van der Waals surface area contributed by atoms with Crippen LogP contribution in [0.15, 0.2) is 23.1 Å². The smallest absolute Gasteiger partial charge is 0.340 e. The number of aromatic nitrogens is 1. The Bertz CT molecular complexity index is 1120. The number of carbonyl (C=O) groups excluding carboxylic acids is 3. The highest BCUT2D eigenvalue weighted by atomic mass is 35.5. The van der Waals surface area contributed by atoms with Crippen LogP contribution in [0.2, 0.25) is 5.02 Å². The Hall–Kier alpha value is -2.69. The minimum absolute atomic E-state index is 0.109. The number of nitrogens with two attached hydrogens (primary N) is 1. The van der Waals surface area contributed by atoms with Gasteiger partial charge in [0.1, 0.15) is 4.90 Å². The van der Waals surface area contributed by atoms with Crippen LogP contribution in [-0.4, -0.2) is 43.8 Å². The van der Waals surface area contributed by atoms with Crippen molar-refractivity contribution in [1.29, 1.82) is 0 Å². The van der Waals surface area contributed by atoms with Crippen molar-refractivity contribution in [2.75, 3.05) is 6.61 Å². The van der Waals surface area contributed by atoms with Gasteiger partial charge in [0.2, 0.25) is 15.8 Å². The molecule has 1 heterocycles. The van der Waals surface area contributed by atoms with Crippen LogP contribution in [0.1, 0.15) is 56.3 Å². The molecule has 0 saturated heterocycles. The molecule has 0 aliphatic heterocycles. The second-order valence-electron chi connectivity index (χ2n) is 6.45. The maximum Gasteiger partial charge on any atom is 0.340 e. The van der Waals surface area contributed by atoms with Gasteiger partial charge in [-0.25, -0.2) is 23.1 Å². The zero-order chi connectivity index (χ0) is 22.8. The summed E-state index contributed by atoms with van der Waals surface area (Å²) in [5, 5.41) is 4.92. The van der Waals surface area contributed by atoms with E-state index < -0.39 is 38.7 Å². The summed E-state index contributed by atoms with van der Waals surface area (Å²) in [5.41, 5.74) is 1.03. The molecule has 9 nitrogen and oxygen atoms in total. The molecule has 0 fully saturated rings. The maximum atomic E-state index is 12.8. The molecule has 2 aromatic rings. The van der Waals surface area contributed by atoms with Gasteiger partial charge in [-0.2, -0.15) is 0 Å². The van der Waals surface area contributed by atoms with Gasteiger partial charge in [-0.3, -0.25) is 4.79 Å². The molecular formula is C19H21ClN2O7S. The fraction of sp³-hybridized carbons (Fsp3) is 0.316. The number of ketones is 1. The molecule has 1 atom stereocenters. The quantitative estimate of drug-likeness (QED) is 0.480. The fourth-order valence-corrected chi connectivity index (χ4v) is 3.91. The number of nitrogens with one attached hydrogen (secondary N) is 1. The largest absolute Gasteiger partial charge is 0.462 e. The number of H-pyrrole nitrogens is 1. The molecule has 0 amide bonds. The van der Waals surface area contributed by atoms with E-state index in [0.29, 0.717) is 11.3 Å². The van der Waals surface area contributed by atoms with Gasteiger partial charge in [0.25, 0.3) is 0 Å². The van der Waals surface area contributed by atoms with Crippen LogP contribution in [0.5, 0.6) is 0 Å². The lowest BCUT2D eigenvalue weighted by molar-refractivity contribution is 0.0316. The van der Waals surface area contributed by atoms with Gasteiger partial charge < -0.3 is 14.5 Å². The summed E-state index contributed by atoms with van der Waals surface area (Å²) in [7, 11) is -4.15. The van der Waals surface area contributed by atoms with E-state index in [1.807, 2.05) is 0 Å². The van der Waals surface area contributed by atoms with Crippen LogP contribution in [0.25, 0.3) is 0 Å². The molecule has 0 spiro atoms. The average molecular weight is 457 g/mol. The van der Waals surface area contributed by atoms with Crippen LogP contribution < -0.4 is 5.14 Å². The number of carbonyl (C=O) groups is 3. The lowest BCUT2D eigenvalue weighted by atomic mass is 10.1. The standard InChI is InChI=1S/C19H21ClN2O7S/c1-5-28-19(25)15-9(2)16(22-10(15)3)17(23)11(4)29-18(24)12-6-7-13(20)14(8-12)30(21,26)27/h6-8,11,22H,5H2,1-4H3,(H2,21,26,27). The summed E-state index contributed by atoms with van der Waals surface area (Å²) >= 11 is 5.80. The Morgan fingerprint density at radius 1 is 1.20 bits per heavy atom. The second-order valence-corrected chi connectivity index (χ2v) is 8.38. The predicted molar refractivity (Wildman–Crippen MR) is 108 cm³/mol. The minimum atomic E-state index is -4.15. The van der Waals surface area contributed by atoms with E-state index in [1.165, 1.54) is 19.1 Å². The zero-order valence-corrected chi connectivity index (χ0v) is 18.3. The monoisotopic (exact) mass is 456 g/mol. The van der Waals surface area contributed by atoms with Crippen LogP contribution in [0.3, 0.4) is 0 Å². The lowest BCUT2D eigenvalue weighted by Crippen LogP contribution is -2.25. The topological polar surface area (TPSA) is 146 Å². The SMILES string of the molecule is CCOC(=O)c1c(C)[nH]c(C(=O)C(C)OC(=O)c2ccc(Cl)c(S(N)(=O)=O)c2)c1C. The molecule has 2 rings (SSSR count). The van der Waals surface area contributed by atoms with Crippen LogP contribution in [0, 0.1) is 13.8 Å². The number of ether oxygens (including phenoxy) is 2. The molecule has 0 radical (unpaired) electrons. The summed E-state index contributed by atoms with van der Waals surface area (Å²) in [5.74, 6) is -2.08. The predicted octanol–water partition coefficient (Wildman–Crippen LogP) is 2.54. The molecular weight excluding hydrogens is 436 g/mol. The first-order valence-electron chi connectivity index (χ1n) is 8.82. The Morgan fingerprint density at radius 3 is 2.40 bits per heavy atom. The first-order valence-corrected chi connectivity index (χ1v) is 10.7. The van der Waals surface area contributed by atoms with Crippen LogP contribution in [-0.2, 0) is 19.5 Å². The van der Waals surface area contributed by atoms with Crippen LogP contribution in [0.4, 0.5) is 0 Å². The zero-order valence-electron chi connectivity index (χ0n) is 16.7. The fourth-order valence-electron chi connectivity index (χ4n) is 2.84. The number of halogens is 1. The van der Waals surface area contributed by atoms with Gasteiger partial charge in [-0.15, -0.1) is 0 Å². The molecule has 0 aliphatic rings. The summed E-state index contributed by atoms with van der Waals surface area (Å²) in [4.78, 5) is 39.6. The van der Waals surface area contributed by atoms with E-state index >= 15 is 0 Å². The third kappa shape index (κ3) is 4.89. The van der Waals surface area contributed by atoms with E-state index in [9.17, 15) is 22.8 Å². The Balaban J connectivity index is 2.26. The van der Waals surface area contributed by atoms with Crippen molar-refractivity contribution in [2.24, 2.45) is 5.14 Å². The summed E-state index contributed by atoms with van der Waals surface area (Å²) in [6.45, 7) is 6.41. The van der Waals surface area contributed by atoms with Gasteiger partial charge in [0.15, 0.2) is 6.10 Å². The molecule has 1 aromatic carbocycles. The van der Waals surface area contributed by atoms with Gasteiger partial charge in [0, 0.05) is 5.69 Å². The normalized spacial score (nSPS) is 12.3. The van der Waals surface area contributed by atoms with E-state index in [0.717, 1.165) is 6.07 Å². The van der Waals surface area contributed by atoms with Crippen molar-refractivity contribution in [3.05, 3.63) is 51.3 Å². The number of hydrogen-bond donors (Lipinski definition) is 2. The maximum absolute atomic E-state index is 12.8. The van der Waals surface area contributed by atoms with E-state index in [1.54, 1.807) is 20.8 Å². The molecule has 0 aliphatic carbocycles. The number of sulfonamides is 1. The third-order valence-corrected chi connectivity index (χ3v) is 5.68. The Kier molecular flexibility index (Phi) is 7.06. The van der Waals surface area contributed by atoms with Crippen molar-refractivity contribution in [2.45, 2.75) is 38.7 Å². The first-order chi connectivity index (χ1) is 13.9. The van der Waals surface area contributed by atoms with Gasteiger partial charge in [-0.1, -0.05) is 11.6 Å². The van der Waals surface area contributed by atoms with Crippen LogP contribution >= 0.6 is 11.6 Å². The number of Topliss-reactive ketones (excluding diaryl/α,β-unsaturated/α-hetero) is 1. The minimum Gasteiger partial charge on any atom is -0.462 e. The lowest BCUT2D eigenvalue weighted by Gasteiger charge is -2.13. The molecule has 30 heavy (non-hydrogen) atoms. The first kappa shape index (κ1) is 23.6. The molecule has 11 heteroatoms. The highest BCUT2D eigenvalue weighted by Gasteiger charge is 2.28. The molecule has 3 N–H and O–H groups in total. The summed E-state index contributed by atoms with van der Waals surface area (Å²) in [6, 6.07) is 3.41. The molecule has 1 aromatic heterocycles. The van der Waals surface area contributed by atoms with E-state index in [4.69, 9.17) is 26.2 Å². The third-order valence-electron chi connectivity index (χ3n) is 4.29. The van der Waals surface area contributed by atoms with Crippen molar-refractivity contribution in [1.82, 2.24) is 4.98 Å². The number of esters is 2. The molecule has 1 unspecified atom stereocenters. The van der Waals surface area contributed by atoms with E-state index in [2.05, 4.69) is 4.98 Å². The Morgan fingerprint density at radius 2 is 1.83 bits per heavy atom. The summed E-state index contributed by atoms with van der Waals surface area (Å²) < 4.78 is 33.3. The average Bonchev–Trinajstić information content (AvgIpc) is 2.94. The number of hydrogen-bond acceptors (Lipinski definition) is 7. The number of aryl methyl sites for hydroxylation is 1. The van der Waals surface area contributed by atoms with Crippen molar-refractivity contribution in [3.8, 4) is 0 Å². The van der Waals surface area contributed by atoms with Gasteiger partial charge in [0.05, 0.1) is 28.5 Å². The number of benzene rings is 1.